The molecule has 0 fully saturated rings. The smallest absolute Gasteiger partial charge is 0.265 e. The van der Waals surface area contributed by atoms with Crippen molar-refractivity contribution >= 4 is 22.9 Å². The molecule has 3 rings (SSSR count). The van der Waals surface area contributed by atoms with Gasteiger partial charge in [-0.05, 0) is 47.5 Å². The van der Waals surface area contributed by atoms with Crippen LogP contribution in [0.25, 0.3) is 0 Å². The van der Waals surface area contributed by atoms with Crippen molar-refractivity contribution in [3.63, 3.8) is 0 Å². The van der Waals surface area contributed by atoms with E-state index in [1.165, 1.54) is 22.5 Å². The molecular weight excluding hydrogens is 272 g/mol. The van der Waals surface area contributed by atoms with E-state index in [2.05, 4.69) is 5.32 Å². The van der Waals surface area contributed by atoms with E-state index in [9.17, 15) is 4.79 Å². The molecule has 1 heterocycles. The molecule has 1 unspecified atom stereocenters. The number of nitrogens with one attached hydrogen (secondary N) is 1. The second kappa shape index (κ2) is 5.17. The van der Waals surface area contributed by atoms with Crippen molar-refractivity contribution in [2.45, 2.75) is 18.9 Å². The third-order valence-corrected chi connectivity index (χ3v) is 4.50. The number of thiophene rings is 1. The van der Waals surface area contributed by atoms with E-state index in [-0.39, 0.29) is 11.9 Å². The number of ether oxygens (including phenoxy) is 1. The SMILES string of the molecule is COc1ccsc1C(=O)NC1CCc2cc(N)ccc21. The van der Waals surface area contributed by atoms with E-state index in [0.717, 1.165) is 18.5 Å². The van der Waals surface area contributed by atoms with Crippen LogP contribution in [0, 0.1) is 0 Å². The highest BCUT2D eigenvalue weighted by molar-refractivity contribution is 7.12. The van der Waals surface area contributed by atoms with E-state index >= 15 is 0 Å². The first-order chi connectivity index (χ1) is 9.69. The molecular formula is C15H16N2O2S. The summed E-state index contributed by atoms with van der Waals surface area (Å²) in [7, 11) is 1.58. The zero-order chi connectivity index (χ0) is 14.1. The number of fused-ring (bicyclic) bond motifs is 1. The van der Waals surface area contributed by atoms with E-state index in [1.54, 1.807) is 7.11 Å². The summed E-state index contributed by atoms with van der Waals surface area (Å²) in [6.07, 6.45) is 1.87. The van der Waals surface area contributed by atoms with Crippen molar-refractivity contribution in [2.75, 3.05) is 12.8 Å². The van der Waals surface area contributed by atoms with E-state index in [0.29, 0.717) is 10.6 Å². The minimum Gasteiger partial charge on any atom is -0.495 e. The van der Waals surface area contributed by atoms with Crippen LogP contribution in [0.2, 0.25) is 0 Å². The topological polar surface area (TPSA) is 64.3 Å². The lowest BCUT2D eigenvalue weighted by Crippen LogP contribution is -2.26. The van der Waals surface area contributed by atoms with E-state index in [4.69, 9.17) is 10.5 Å². The van der Waals surface area contributed by atoms with Crippen molar-refractivity contribution in [3.8, 4) is 5.75 Å². The molecule has 0 saturated heterocycles. The van der Waals surface area contributed by atoms with Gasteiger partial charge in [-0.25, -0.2) is 0 Å². The van der Waals surface area contributed by atoms with Gasteiger partial charge in [-0.2, -0.15) is 0 Å². The summed E-state index contributed by atoms with van der Waals surface area (Å²) in [5.41, 5.74) is 8.96. The summed E-state index contributed by atoms with van der Waals surface area (Å²) in [4.78, 5) is 12.9. The van der Waals surface area contributed by atoms with Gasteiger partial charge in [-0.1, -0.05) is 6.07 Å². The lowest BCUT2D eigenvalue weighted by molar-refractivity contribution is 0.0938. The summed E-state index contributed by atoms with van der Waals surface area (Å²) in [6, 6.07) is 7.75. The normalized spacial score (nSPS) is 16.8. The largest absolute Gasteiger partial charge is 0.495 e. The van der Waals surface area contributed by atoms with Crippen LogP contribution in [0.15, 0.2) is 29.6 Å². The fourth-order valence-electron chi connectivity index (χ4n) is 2.63. The van der Waals surface area contributed by atoms with Gasteiger partial charge in [-0.15, -0.1) is 11.3 Å². The summed E-state index contributed by atoms with van der Waals surface area (Å²) in [5.74, 6) is 0.551. The Bertz CT molecular complexity index is 651. The molecule has 1 aliphatic carbocycles. The minimum absolute atomic E-state index is 0.0601. The van der Waals surface area contributed by atoms with Crippen molar-refractivity contribution in [3.05, 3.63) is 45.6 Å². The standard InChI is InChI=1S/C15H16N2O2S/c1-19-13-6-7-20-14(13)15(18)17-12-5-2-9-8-10(16)3-4-11(9)12/h3-4,6-8,12H,2,5,16H2,1H3,(H,17,18). The molecule has 4 nitrogen and oxygen atoms in total. The Hall–Kier alpha value is -2.01. The van der Waals surface area contributed by atoms with Crippen molar-refractivity contribution < 1.29 is 9.53 Å². The Morgan fingerprint density at radius 1 is 1.45 bits per heavy atom. The zero-order valence-corrected chi connectivity index (χ0v) is 12.0. The highest BCUT2D eigenvalue weighted by Gasteiger charge is 2.25. The average Bonchev–Trinajstić information content (AvgIpc) is 3.05. The fraction of sp³-hybridized carbons (Fsp3) is 0.267. The summed E-state index contributed by atoms with van der Waals surface area (Å²) in [5, 5.41) is 4.94. The maximum atomic E-state index is 12.3. The number of hydrogen-bond donors (Lipinski definition) is 2. The second-order valence-corrected chi connectivity index (χ2v) is 5.76. The highest BCUT2D eigenvalue weighted by Crippen LogP contribution is 2.33. The number of rotatable bonds is 3. The third kappa shape index (κ3) is 2.25. The first kappa shape index (κ1) is 13.0. The Morgan fingerprint density at radius 3 is 3.10 bits per heavy atom. The Kier molecular flexibility index (Phi) is 3.36. The summed E-state index contributed by atoms with van der Waals surface area (Å²) >= 11 is 1.39. The second-order valence-electron chi connectivity index (χ2n) is 4.84. The van der Waals surface area contributed by atoms with Crippen LogP contribution >= 0.6 is 11.3 Å². The molecule has 3 N–H and O–H groups in total. The number of benzene rings is 1. The number of carbonyl (C=O) groups is 1. The first-order valence-electron chi connectivity index (χ1n) is 6.49. The molecule has 0 spiro atoms. The maximum Gasteiger partial charge on any atom is 0.265 e. The quantitative estimate of drug-likeness (QED) is 0.854. The number of anilines is 1. The number of amides is 1. The molecule has 1 aromatic carbocycles. The molecule has 1 aromatic heterocycles. The van der Waals surface area contributed by atoms with Crippen LogP contribution in [0.3, 0.4) is 0 Å². The molecule has 0 saturated carbocycles. The molecule has 1 aliphatic rings. The first-order valence-corrected chi connectivity index (χ1v) is 7.37. The van der Waals surface area contributed by atoms with Crippen LogP contribution in [-0.4, -0.2) is 13.0 Å². The summed E-state index contributed by atoms with van der Waals surface area (Å²) in [6.45, 7) is 0. The molecule has 104 valence electrons. The van der Waals surface area contributed by atoms with Gasteiger partial charge < -0.3 is 15.8 Å². The maximum absolute atomic E-state index is 12.3. The Labute approximate surface area is 121 Å². The van der Waals surface area contributed by atoms with Crippen LogP contribution < -0.4 is 15.8 Å². The van der Waals surface area contributed by atoms with Crippen LogP contribution in [-0.2, 0) is 6.42 Å². The van der Waals surface area contributed by atoms with Crippen molar-refractivity contribution in [2.24, 2.45) is 0 Å². The van der Waals surface area contributed by atoms with Gasteiger partial charge in [0.25, 0.3) is 5.91 Å². The molecule has 0 bridgehead atoms. The predicted octanol–water partition coefficient (Wildman–Crippen LogP) is 2.76. The lowest BCUT2D eigenvalue weighted by atomic mass is 10.1. The predicted molar refractivity (Wildman–Crippen MR) is 80.3 cm³/mol. The molecule has 1 amide bonds. The lowest BCUT2D eigenvalue weighted by Gasteiger charge is -2.14. The monoisotopic (exact) mass is 288 g/mol. The highest BCUT2D eigenvalue weighted by atomic mass is 32.1. The average molecular weight is 288 g/mol. The van der Waals surface area contributed by atoms with Gasteiger partial charge in [-0.3, -0.25) is 4.79 Å². The molecule has 0 aliphatic heterocycles. The fourth-order valence-corrected chi connectivity index (χ4v) is 3.40. The molecule has 0 radical (unpaired) electrons. The van der Waals surface area contributed by atoms with Gasteiger partial charge in [0.1, 0.15) is 10.6 Å². The van der Waals surface area contributed by atoms with E-state index < -0.39 is 0 Å². The molecule has 2 aromatic rings. The molecule has 1 atom stereocenters. The Balaban J connectivity index is 1.79. The molecule has 5 heteroatoms. The summed E-state index contributed by atoms with van der Waals surface area (Å²) < 4.78 is 5.19. The van der Waals surface area contributed by atoms with Gasteiger partial charge in [0.2, 0.25) is 0 Å². The number of nitrogen functional groups attached to an aromatic ring is 1. The van der Waals surface area contributed by atoms with Gasteiger partial charge in [0, 0.05) is 5.69 Å². The van der Waals surface area contributed by atoms with Crippen LogP contribution in [0.5, 0.6) is 5.75 Å². The molecule has 20 heavy (non-hydrogen) atoms. The zero-order valence-electron chi connectivity index (χ0n) is 11.2. The van der Waals surface area contributed by atoms with Crippen LogP contribution in [0.1, 0.15) is 33.3 Å². The number of hydrogen-bond acceptors (Lipinski definition) is 4. The van der Waals surface area contributed by atoms with E-state index in [1.807, 2.05) is 29.6 Å². The van der Waals surface area contributed by atoms with Crippen molar-refractivity contribution in [1.82, 2.24) is 5.32 Å². The van der Waals surface area contributed by atoms with Crippen LogP contribution in [0.4, 0.5) is 5.69 Å². The number of methoxy groups -OCH3 is 1. The number of carbonyl (C=O) groups excluding carboxylic acids is 1. The number of nitrogens with two attached hydrogens (primary N) is 1. The van der Waals surface area contributed by atoms with Gasteiger partial charge in [0.15, 0.2) is 0 Å². The third-order valence-electron chi connectivity index (χ3n) is 3.61. The van der Waals surface area contributed by atoms with Gasteiger partial charge >= 0.3 is 0 Å². The van der Waals surface area contributed by atoms with Crippen molar-refractivity contribution in [1.29, 1.82) is 0 Å². The Morgan fingerprint density at radius 2 is 2.30 bits per heavy atom. The minimum atomic E-state index is -0.0773. The number of aryl methyl sites for hydroxylation is 1. The van der Waals surface area contributed by atoms with Gasteiger partial charge in [0.05, 0.1) is 13.2 Å².